The van der Waals surface area contributed by atoms with Gasteiger partial charge < -0.3 is 10.2 Å². The summed E-state index contributed by atoms with van der Waals surface area (Å²) in [5.41, 5.74) is -0.218. The van der Waals surface area contributed by atoms with E-state index in [9.17, 15) is 18.0 Å². The van der Waals surface area contributed by atoms with E-state index in [2.05, 4.69) is 16.4 Å². The Morgan fingerprint density at radius 1 is 1.27 bits per heavy atom. The van der Waals surface area contributed by atoms with Gasteiger partial charge in [-0.3, -0.25) is 14.7 Å². The van der Waals surface area contributed by atoms with Crippen LogP contribution in [-0.4, -0.2) is 59.0 Å². The topological polar surface area (TPSA) is 72.3 Å². The Bertz CT molecular complexity index is 987. The molecule has 30 heavy (non-hydrogen) atoms. The Hall–Kier alpha value is -2.86. The fraction of sp³-hybridized carbons (Fsp3) is 0.476. The fourth-order valence-electron chi connectivity index (χ4n) is 4.32. The van der Waals surface area contributed by atoms with E-state index in [1.807, 2.05) is 4.90 Å². The molecule has 2 aliphatic heterocycles. The number of hydrogen-bond acceptors (Lipinski definition) is 5. The maximum Gasteiger partial charge on any atom is 0.418 e. The number of alkyl halides is 3. The Labute approximate surface area is 172 Å². The van der Waals surface area contributed by atoms with Crippen molar-refractivity contribution in [1.82, 2.24) is 14.8 Å². The third kappa shape index (κ3) is 4.05. The van der Waals surface area contributed by atoms with Crippen LogP contribution in [0.2, 0.25) is 0 Å². The number of benzene rings is 1. The molecule has 0 aliphatic carbocycles. The molecule has 0 unspecified atom stereocenters. The van der Waals surface area contributed by atoms with E-state index in [4.69, 9.17) is 5.26 Å². The number of hydrogen-bond donors (Lipinski definition) is 1. The number of aromatic nitrogens is 1. The van der Waals surface area contributed by atoms with Crippen molar-refractivity contribution in [2.45, 2.75) is 37.5 Å². The van der Waals surface area contributed by atoms with E-state index in [-0.39, 0.29) is 30.1 Å². The van der Waals surface area contributed by atoms with Gasteiger partial charge in [-0.05, 0) is 43.5 Å². The standard InChI is InChI=1S/C21H22F3N5O/c22-21(23,24)17-5-6-18(16-4-1-8-26-20(16)17)27-14-7-10-28(12-14)13-19(30)29-9-2-3-15(29)11-25/h1,4-6,8,14-15,27H,2-3,7,9-10,12-13H2/t14-,15-/m0/s1. The van der Waals surface area contributed by atoms with Crippen LogP contribution in [0.1, 0.15) is 24.8 Å². The van der Waals surface area contributed by atoms with Crippen LogP contribution in [0.15, 0.2) is 30.5 Å². The van der Waals surface area contributed by atoms with Crippen molar-refractivity contribution in [2.75, 3.05) is 31.5 Å². The third-order valence-electron chi connectivity index (χ3n) is 5.79. The number of rotatable bonds is 4. The number of pyridine rings is 1. The maximum atomic E-state index is 13.3. The van der Waals surface area contributed by atoms with Crippen LogP contribution in [0, 0.1) is 11.3 Å². The minimum Gasteiger partial charge on any atom is -0.380 e. The Morgan fingerprint density at radius 2 is 2.10 bits per heavy atom. The minimum atomic E-state index is -4.47. The molecule has 1 N–H and O–H groups in total. The zero-order valence-electron chi connectivity index (χ0n) is 16.3. The first-order chi connectivity index (χ1) is 14.4. The third-order valence-corrected chi connectivity index (χ3v) is 5.79. The number of nitrogens with one attached hydrogen (secondary N) is 1. The molecule has 1 amide bonds. The molecule has 3 heterocycles. The lowest BCUT2D eigenvalue weighted by Crippen LogP contribution is -2.42. The molecule has 0 radical (unpaired) electrons. The van der Waals surface area contributed by atoms with Gasteiger partial charge in [0.05, 0.1) is 23.7 Å². The van der Waals surface area contributed by atoms with Gasteiger partial charge in [-0.2, -0.15) is 18.4 Å². The number of anilines is 1. The maximum absolute atomic E-state index is 13.3. The zero-order chi connectivity index (χ0) is 21.3. The van der Waals surface area contributed by atoms with Crippen LogP contribution in [-0.2, 0) is 11.0 Å². The number of nitrogens with zero attached hydrogens (tertiary/aromatic N) is 4. The number of likely N-dealkylation sites (tertiary alicyclic amines) is 2. The number of fused-ring (bicyclic) bond motifs is 1. The smallest absolute Gasteiger partial charge is 0.380 e. The number of amides is 1. The van der Waals surface area contributed by atoms with Crippen LogP contribution < -0.4 is 5.32 Å². The molecule has 158 valence electrons. The summed E-state index contributed by atoms with van der Waals surface area (Å²) < 4.78 is 39.9. The molecule has 0 spiro atoms. The molecule has 2 aromatic rings. The Kier molecular flexibility index (Phi) is 5.52. The molecule has 0 bridgehead atoms. The van der Waals surface area contributed by atoms with Crippen molar-refractivity contribution in [3.8, 4) is 6.07 Å². The molecule has 2 saturated heterocycles. The molecule has 2 atom stereocenters. The van der Waals surface area contributed by atoms with Crippen molar-refractivity contribution in [3.05, 3.63) is 36.0 Å². The molecule has 6 nitrogen and oxygen atoms in total. The fourth-order valence-corrected chi connectivity index (χ4v) is 4.32. The molecular weight excluding hydrogens is 395 g/mol. The van der Waals surface area contributed by atoms with Gasteiger partial charge in [0.25, 0.3) is 0 Å². The average molecular weight is 417 g/mol. The van der Waals surface area contributed by atoms with Gasteiger partial charge >= 0.3 is 6.18 Å². The van der Waals surface area contributed by atoms with E-state index in [0.29, 0.717) is 30.7 Å². The number of carbonyl (C=O) groups is 1. The predicted octanol–water partition coefficient (Wildman–Crippen LogP) is 3.25. The highest BCUT2D eigenvalue weighted by molar-refractivity contribution is 5.93. The first-order valence-corrected chi connectivity index (χ1v) is 9.99. The molecule has 2 fully saturated rings. The quantitative estimate of drug-likeness (QED) is 0.827. The summed E-state index contributed by atoms with van der Waals surface area (Å²) in [6, 6.07) is 7.62. The number of carbonyl (C=O) groups excluding carboxylic acids is 1. The van der Waals surface area contributed by atoms with E-state index in [1.165, 1.54) is 12.3 Å². The average Bonchev–Trinajstić information content (AvgIpc) is 3.36. The molecular formula is C21H22F3N5O. The molecule has 2 aliphatic rings. The normalized spacial score (nSPS) is 22.4. The molecule has 0 saturated carbocycles. The van der Waals surface area contributed by atoms with Gasteiger partial charge in [0, 0.05) is 42.9 Å². The van der Waals surface area contributed by atoms with E-state index in [1.54, 1.807) is 17.0 Å². The Morgan fingerprint density at radius 3 is 2.87 bits per heavy atom. The summed E-state index contributed by atoms with van der Waals surface area (Å²) in [6.45, 7) is 2.20. The van der Waals surface area contributed by atoms with E-state index >= 15 is 0 Å². The van der Waals surface area contributed by atoms with Gasteiger partial charge in [0.15, 0.2) is 0 Å². The van der Waals surface area contributed by atoms with Crippen LogP contribution in [0.4, 0.5) is 18.9 Å². The summed E-state index contributed by atoms with van der Waals surface area (Å²) in [4.78, 5) is 20.2. The largest absolute Gasteiger partial charge is 0.418 e. The SMILES string of the molecule is N#C[C@@H]1CCCN1C(=O)CN1CC[C@H](Nc2ccc(C(F)(F)F)c3ncccc23)C1. The minimum absolute atomic E-state index is 0.0169. The monoisotopic (exact) mass is 417 g/mol. The molecule has 9 heteroatoms. The lowest BCUT2D eigenvalue weighted by Gasteiger charge is -2.23. The summed E-state index contributed by atoms with van der Waals surface area (Å²) in [5, 5.41) is 12.9. The summed E-state index contributed by atoms with van der Waals surface area (Å²) in [6.07, 6.45) is -0.758. The van der Waals surface area contributed by atoms with Crippen molar-refractivity contribution in [2.24, 2.45) is 0 Å². The van der Waals surface area contributed by atoms with Gasteiger partial charge in [-0.1, -0.05) is 0 Å². The summed E-state index contributed by atoms with van der Waals surface area (Å²) in [5.74, 6) is -0.0381. The highest BCUT2D eigenvalue weighted by Crippen LogP contribution is 2.36. The molecule has 1 aromatic heterocycles. The van der Waals surface area contributed by atoms with E-state index < -0.39 is 11.7 Å². The van der Waals surface area contributed by atoms with Crippen molar-refractivity contribution >= 4 is 22.5 Å². The summed E-state index contributed by atoms with van der Waals surface area (Å²) >= 11 is 0. The van der Waals surface area contributed by atoms with Crippen LogP contribution in [0.25, 0.3) is 10.9 Å². The zero-order valence-corrected chi connectivity index (χ0v) is 16.3. The second kappa shape index (κ2) is 8.11. The van der Waals surface area contributed by atoms with Crippen LogP contribution in [0.3, 0.4) is 0 Å². The lowest BCUT2D eigenvalue weighted by molar-refractivity contribution is -0.136. The lowest BCUT2D eigenvalue weighted by atomic mass is 10.1. The van der Waals surface area contributed by atoms with Gasteiger partial charge in [0.1, 0.15) is 6.04 Å². The van der Waals surface area contributed by atoms with Crippen molar-refractivity contribution < 1.29 is 18.0 Å². The van der Waals surface area contributed by atoms with Gasteiger partial charge in [-0.15, -0.1) is 0 Å². The second-order valence-electron chi connectivity index (χ2n) is 7.80. The molecule has 1 aromatic carbocycles. The van der Waals surface area contributed by atoms with Gasteiger partial charge in [0.2, 0.25) is 5.91 Å². The highest BCUT2D eigenvalue weighted by atomic mass is 19.4. The van der Waals surface area contributed by atoms with Crippen LogP contribution in [0.5, 0.6) is 0 Å². The first kappa shape index (κ1) is 20.4. The van der Waals surface area contributed by atoms with Crippen molar-refractivity contribution in [1.29, 1.82) is 5.26 Å². The first-order valence-electron chi connectivity index (χ1n) is 9.99. The second-order valence-corrected chi connectivity index (χ2v) is 7.80. The van der Waals surface area contributed by atoms with Crippen molar-refractivity contribution in [3.63, 3.8) is 0 Å². The summed E-state index contributed by atoms with van der Waals surface area (Å²) in [7, 11) is 0. The Balaban J connectivity index is 1.43. The predicted molar refractivity (Wildman–Crippen MR) is 106 cm³/mol. The van der Waals surface area contributed by atoms with Crippen LogP contribution >= 0.6 is 0 Å². The number of nitriles is 1. The highest BCUT2D eigenvalue weighted by Gasteiger charge is 2.34. The van der Waals surface area contributed by atoms with Gasteiger partial charge in [-0.25, -0.2) is 0 Å². The molecule has 4 rings (SSSR count). The number of halogens is 3. The van der Waals surface area contributed by atoms with E-state index in [0.717, 1.165) is 25.3 Å².